The summed E-state index contributed by atoms with van der Waals surface area (Å²) >= 11 is 0. The predicted octanol–water partition coefficient (Wildman–Crippen LogP) is 5.68. The van der Waals surface area contributed by atoms with E-state index in [0.717, 1.165) is 16.4 Å². The first-order valence-corrected chi connectivity index (χ1v) is 14.6. The molecule has 10 heteroatoms. The maximum absolute atomic E-state index is 13.7. The molecular weight excluding hydrogens is 459 g/mol. The van der Waals surface area contributed by atoms with Crippen molar-refractivity contribution >= 4 is 24.0 Å². The van der Waals surface area contributed by atoms with Gasteiger partial charge in [0.2, 0.25) is 0 Å². The van der Waals surface area contributed by atoms with Crippen molar-refractivity contribution in [1.29, 1.82) is 0 Å². The lowest BCUT2D eigenvalue weighted by molar-refractivity contribution is -0.139. The molecule has 2 aromatic carbocycles. The van der Waals surface area contributed by atoms with Gasteiger partial charge in [0.25, 0.3) is 10.0 Å². The molecule has 0 N–H and O–H groups in total. The fourth-order valence-corrected chi connectivity index (χ4v) is 6.10. The van der Waals surface area contributed by atoms with E-state index in [1.165, 1.54) is 18.2 Å². The van der Waals surface area contributed by atoms with Crippen molar-refractivity contribution in [3.63, 3.8) is 0 Å². The summed E-state index contributed by atoms with van der Waals surface area (Å²) in [5.41, 5.74) is -1.01. The van der Waals surface area contributed by atoms with E-state index in [4.69, 9.17) is 9.16 Å². The quantitative estimate of drug-likeness (QED) is 0.509. The number of rotatable bonds is 5. The first-order valence-electron chi connectivity index (χ1n) is 10.2. The van der Waals surface area contributed by atoms with E-state index in [0.29, 0.717) is 5.75 Å². The Balaban J connectivity index is 2.09. The van der Waals surface area contributed by atoms with E-state index in [2.05, 4.69) is 20.8 Å². The molecule has 1 unspecified atom stereocenters. The smallest absolute Gasteiger partial charge is 0.417 e. The largest absolute Gasteiger partial charge is 0.489 e. The lowest BCUT2D eigenvalue weighted by atomic mass is 10.2. The third-order valence-corrected chi connectivity index (χ3v) is 12.5. The van der Waals surface area contributed by atoms with Gasteiger partial charge < -0.3 is 9.16 Å². The Kier molecular flexibility index (Phi) is 6.44. The molecule has 1 aliphatic heterocycles. The number of hydrogen-bond acceptors (Lipinski definition) is 4. The number of ether oxygens (including phenoxy) is 1. The molecule has 1 aliphatic rings. The lowest BCUT2D eigenvalue weighted by Crippen LogP contribution is -2.52. The number of nitrogens with zero attached hydrogens (tertiary/aromatic N) is 1. The van der Waals surface area contributed by atoms with Crippen molar-refractivity contribution in [2.45, 2.75) is 56.0 Å². The summed E-state index contributed by atoms with van der Waals surface area (Å²) in [5, 5.41) is -0.118. The summed E-state index contributed by atoms with van der Waals surface area (Å²) in [7, 11) is -6.82. The highest BCUT2D eigenvalue weighted by molar-refractivity contribution is 7.93. The molecule has 2 aromatic rings. The van der Waals surface area contributed by atoms with Crippen LogP contribution in [0.25, 0.3) is 0 Å². The second-order valence-corrected chi connectivity index (χ2v) is 15.9. The van der Waals surface area contributed by atoms with Gasteiger partial charge >= 0.3 is 6.18 Å². The fourth-order valence-electron chi connectivity index (χ4n) is 3.21. The molecule has 3 rings (SSSR count). The van der Waals surface area contributed by atoms with E-state index in [-0.39, 0.29) is 23.9 Å². The molecule has 0 amide bonds. The molecule has 1 heterocycles. The van der Waals surface area contributed by atoms with Crippen molar-refractivity contribution < 1.29 is 30.8 Å². The summed E-state index contributed by atoms with van der Waals surface area (Å²) in [5.74, 6) is 0.296. The Labute approximate surface area is 188 Å². The van der Waals surface area contributed by atoms with E-state index in [1.54, 1.807) is 18.2 Å². The molecular formula is C22H28F3NO4SSi. The highest BCUT2D eigenvalue weighted by Gasteiger charge is 2.44. The number of fused-ring (bicyclic) bond motifs is 1. The Morgan fingerprint density at radius 1 is 1.06 bits per heavy atom. The van der Waals surface area contributed by atoms with Crippen LogP contribution in [0.4, 0.5) is 18.9 Å². The molecule has 0 aromatic heterocycles. The zero-order valence-electron chi connectivity index (χ0n) is 18.7. The van der Waals surface area contributed by atoms with Crippen molar-refractivity contribution in [2.75, 3.05) is 17.5 Å². The first kappa shape index (κ1) is 24.6. The summed E-state index contributed by atoms with van der Waals surface area (Å²) in [4.78, 5) is -0.790. The topological polar surface area (TPSA) is 55.8 Å². The van der Waals surface area contributed by atoms with Gasteiger partial charge in [-0.3, -0.25) is 4.31 Å². The predicted molar refractivity (Wildman–Crippen MR) is 120 cm³/mol. The SMILES string of the molecule is CC(C)(C)[Si](C)(C)OCC1COc2ccccc2N1S(=O)(=O)c1ccccc1C(F)(F)F. The lowest BCUT2D eigenvalue weighted by Gasteiger charge is -2.41. The fraction of sp³-hybridized carbons (Fsp3) is 0.455. The minimum atomic E-state index is -4.82. The van der Waals surface area contributed by atoms with Crippen LogP contribution >= 0.6 is 0 Å². The maximum Gasteiger partial charge on any atom is 0.417 e. The molecule has 0 fully saturated rings. The Hall–Kier alpha value is -2.04. The summed E-state index contributed by atoms with van der Waals surface area (Å²) in [6, 6.07) is 9.84. The van der Waals surface area contributed by atoms with Gasteiger partial charge in [-0.05, 0) is 42.4 Å². The summed E-state index contributed by atoms with van der Waals surface area (Å²) in [6.07, 6.45) is -4.82. The van der Waals surface area contributed by atoms with Crippen LogP contribution < -0.4 is 9.04 Å². The Morgan fingerprint density at radius 2 is 1.66 bits per heavy atom. The van der Waals surface area contributed by atoms with Crippen LogP contribution in [0.2, 0.25) is 18.1 Å². The van der Waals surface area contributed by atoms with Crippen LogP contribution in [0.15, 0.2) is 53.4 Å². The van der Waals surface area contributed by atoms with Gasteiger partial charge in [0, 0.05) is 0 Å². The van der Waals surface area contributed by atoms with Gasteiger partial charge in [-0.1, -0.05) is 45.0 Å². The standard InChI is InChI=1S/C22H28F3NO4SSi/c1-21(2,3)32(4,5)30-15-16-14-29-19-12-8-7-11-18(19)26(16)31(27,28)20-13-9-6-10-17(20)22(23,24)25/h6-13,16H,14-15H2,1-5H3. The third kappa shape index (κ3) is 4.67. The molecule has 0 saturated carbocycles. The van der Waals surface area contributed by atoms with E-state index >= 15 is 0 Å². The second kappa shape index (κ2) is 8.38. The molecule has 5 nitrogen and oxygen atoms in total. The van der Waals surface area contributed by atoms with E-state index in [9.17, 15) is 21.6 Å². The monoisotopic (exact) mass is 487 g/mol. The molecule has 0 spiro atoms. The van der Waals surface area contributed by atoms with Gasteiger partial charge in [0.05, 0.1) is 22.8 Å². The van der Waals surface area contributed by atoms with Crippen LogP contribution in [0.1, 0.15) is 26.3 Å². The number of benzene rings is 2. The molecule has 32 heavy (non-hydrogen) atoms. The molecule has 0 saturated heterocycles. The van der Waals surface area contributed by atoms with Gasteiger partial charge in [0.15, 0.2) is 8.32 Å². The molecule has 0 bridgehead atoms. The zero-order valence-corrected chi connectivity index (χ0v) is 20.5. The molecule has 0 aliphatic carbocycles. The summed E-state index contributed by atoms with van der Waals surface area (Å²) < 4.78 is 81.3. The number of alkyl halides is 3. The molecule has 0 radical (unpaired) electrons. The van der Waals surface area contributed by atoms with Gasteiger partial charge in [0.1, 0.15) is 18.4 Å². The highest BCUT2D eigenvalue weighted by Crippen LogP contribution is 2.42. The molecule has 1 atom stereocenters. The van der Waals surface area contributed by atoms with Crippen LogP contribution in [-0.2, 0) is 20.6 Å². The average molecular weight is 488 g/mol. The number of halogens is 3. The van der Waals surface area contributed by atoms with Crippen molar-refractivity contribution in [1.82, 2.24) is 0 Å². The average Bonchev–Trinajstić information content (AvgIpc) is 2.70. The van der Waals surface area contributed by atoms with Crippen molar-refractivity contribution in [3.05, 3.63) is 54.1 Å². The number of hydrogen-bond donors (Lipinski definition) is 0. The van der Waals surface area contributed by atoms with Crippen molar-refractivity contribution in [3.8, 4) is 5.75 Å². The molecule has 176 valence electrons. The van der Waals surface area contributed by atoms with Crippen LogP contribution in [-0.4, -0.2) is 36.0 Å². The zero-order chi connectivity index (χ0) is 23.9. The third-order valence-electron chi connectivity index (χ3n) is 6.04. The van der Waals surface area contributed by atoms with Gasteiger partial charge in [-0.25, -0.2) is 8.42 Å². The van der Waals surface area contributed by atoms with E-state index < -0.39 is 41.0 Å². The number of anilines is 1. The first-order chi connectivity index (χ1) is 14.7. The van der Waals surface area contributed by atoms with Gasteiger partial charge in [-0.15, -0.1) is 0 Å². The summed E-state index contributed by atoms with van der Waals surface area (Å²) in [6.45, 7) is 10.2. The van der Waals surface area contributed by atoms with Crippen LogP contribution in [0, 0.1) is 0 Å². The second-order valence-electron chi connectivity index (χ2n) is 9.30. The minimum absolute atomic E-state index is 0.0121. The Morgan fingerprint density at radius 3 is 2.28 bits per heavy atom. The van der Waals surface area contributed by atoms with Crippen LogP contribution in [0.5, 0.6) is 5.75 Å². The highest BCUT2D eigenvalue weighted by atomic mass is 32.2. The van der Waals surface area contributed by atoms with E-state index in [1.807, 2.05) is 13.1 Å². The van der Waals surface area contributed by atoms with Crippen molar-refractivity contribution in [2.24, 2.45) is 0 Å². The maximum atomic E-state index is 13.7. The van der Waals surface area contributed by atoms with Gasteiger partial charge in [-0.2, -0.15) is 13.2 Å². The normalized spacial score (nSPS) is 17.6. The Bertz CT molecular complexity index is 1080. The minimum Gasteiger partial charge on any atom is -0.489 e. The number of sulfonamides is 1. The number of para-hydroxylation sites is 2. The van der Waals surface area contributed by atoms with Crippen LogP contribution in [0.3, 0.4) is 0 Å².